The van der Waals surface area contributed by atoms with Gasteiger partial charge in [-0.2, -0.15) is 13.5 Å². The Labute approximate surface area is 175 Å². The topological polar surface area (TPSA) is 129 Å². The van der Waals surface area contributed by atoms with E-state index in [0.717, 1.165) is 5.56 Å². The fourth-order valence-corrected chi connectivity index (χ4v) is 3.32. The van der Waals surface area contributed by atoms with Gasteiger partial charge in [0.25, 0.3) is 0 Å². The van der Waals surface area contributed by atoms with Gasteiger partial charge in [0.15, 0.2) is 0 Å². The van der Waals surface area contributed by atoms with Crippen LogP contribution in [-0.2, 0) is 10.1 Å². The van der Waals surface area contributed by atoms with Gasteiger partial charge in [0.2, 0.25) is 5.96 Å². The maximum absolute atomic E-state index is 12.3. The van der Waals surface area contributed by atoms with Crippen LogP contribution in [0.4, 0.5) is 0 Å². The lowest BCUT2D eigenvalue weighted by molar-refractivity contribution is 0.338. The molecule has 0 atom stereocenters. The monoisotopic (exact) mass is 448 g/mol. The van der Waals surface area contributed by atoms with Crippen molar-refractivity contribution in [2.75, 3.05) is 6.61 Å². The molecule has 28 heavy (non-hydrogen) atoms. The maximum atomic E-state index is 12.3. The zero-order chi connectivity index (χ0) is 20.4. The van der Waals surface area contributed by atoms with E-state index in [-0.39, 0.29) is 34.0 Å². The smallest absolute Gasteiger partial charge is 0.340 e. The molecule has 2 aromatic carbocycles. The minimum atomic E-state index is -3.98. The molecule has 0 heterocycles. The van der Waals surface area contributed by atoms with Crippen molar-refractivity contribution < 1.29 is 17.3 Å². The first-order chi connectivity index (χ1) is 12.7. The van der Waals surface area contributed by atoms with Crippen molar-refractivity contribution in [3.63, 3.8) is 0 Å². The number of hydrogen-bond donors (Lipinski definition) is 2. The Morgan fingerprint density at radius 3 is 2.29 bits per heavy atom. The maximum Gasteiger partial charge on any atom is 0.340 e. The molecule has 4 N–H and O–H groups in total. The first kappa shape index (κ1) is 25.5. The number of nitrogens with two attached hydrogens (primary N) is 2. The molecule has 0 aliphatic heterocycles. The Morgan fingerprint density at radius 2 is 1.79 bits per heavy atom. The SMILES string of the molecule is C=NN=C(N)N.CCOc1cc(C)cc(OS(=O)(=O)c2ccccc2Cl)c1.Cl. The van der Waals surface area contributed by atoms with Crippen LogP contribution in [-0.4, -0.2) is 27.7 Å². The van der Waals surface area contributed by atoms with E-state index in [1.807, 2.05) is 13.8 Å². The van der Waals surface area contributed by atoms with Gasteiger partial charge >= 0.3 is 10.1 Å². The van der Waals surface area contributed by atoms with Gasteiger partial charge in [0.05, 0.1) is 11.6 Å². The Kier molecular flexibility index (Phi) is 11.0. The lowest BCUT2D eigenvalue weighted by Crippen LogP contribution is -2.21. The quantitative estimate of drug-likeness (QED) is 0.302. The molecule has 0 aromatic heterocycles. The summed E-state index contributed by atoms with van der Waals surface area (Å²) in [6, 6.07) is 11.1. The van der Waals surface area contributed by atoms with Crippen molar-refractivity contribution in [3.05, 3.63) is 53.1 Å². The van der Waals surface area contributed by atoms with Crippen molar-refractivity contribution in [3.8, 4) is 11.5 Å². The molecule has 8 nitrogen and oxygen atoms in total. The molecule has 0 fully saturated rings. The van der Waals surface area contributed by atoms with Gasteiger partial charge in [-0.25, -0.2) is 0 Å². The van der Waals surface area contributed by atoms with Crippen LogP contribution in [0.3, 0.4) is 0 Å². The van der Waals surface area contributed by atoms with Crippen LogP contribution in [0.5, 0.6) is 11.5 Å². The summed E-state index contributed by atoms with van der Waals surface area (Å²) in [7, 11) is -3.98. The fraction of sp³-hybridized carbons (Fsp3) is 0.176. The second-order valence-corrected chi connectivity index (χ2v) is 6.97. The molecule has 0 amide bonds. The molecule has 11 heteroatoms. The van der Waals surface area contributed by atoms with Crippen LogP contribution in [0, 0.1) is 6.92 Å². The molecule has 0 aliphatic carbocycles. The van der Waals surface area contributed by atoms with Gasteiger partial charge in [-0.3, -0.25) is 0 Å². The fourth-order valence-electron chi connectivity index (χ4n) is 1.91. The number of rotatable bonds is 6. The summed E-state index contributed by atoms with van der Waals surface area (Å²) >= 11 is 5.90. The van der Waals surface area contributed by atoms with E-state index in [1.54, 1.807) is 24.3 Å². The van der Waals surface area contributed by atoms with Crippen LogP contribution >= 0.6 is 24.0 Å². The standard InChI is InChI=1S/C15H15ClO4S.C2H6N4.ClH/c1-3-19-12-8-11(2)9-13(10-12)20-21(17,18)15-7-5-4-6-14(15)16;1-5-6-2(3)4;/h4-10H,3H2,1-2H3;1H2,(H4,3,4,6);1H. The van der Waals surface area contributed by atoms with E-state index in [4.69, 9.17) is 32.0 Å². The minimum Gasteiger partial charge on any atom is -0.494 e. The Hall–Kier alpha value is -2.49. The molecule has 154 valence electrons. The average molecular weight is 449 g/mol. The third-order valence-corrected chi connectivity index (χ3v) is 4.58. The van der Waals surface area contributed by atoms with E-state index in [2.05, 4.69) is 16.9 Å². The van der Waals surface area contributed by atoms with Crippen LogP contribution < -0.4 is 20.4 Å². The third-order valence-electron chi connectivity index (χ3n) is 2.83. The normalized spacial score (nSPS) is 9.82. The Bertz CT molecular complexity index is 917. The van der Waals surface area contributed by atoms with Gasteiger partial charge in [-0.1, -0.05) is 23.7 Å². The van der Waals surface area contributed by atoms with Crippen LogP contribution in [0.1, 0.15) is 12.5 Å². The molecule has 0 radical (unpaired) electrons. The minimum absolute atomic E-state index is 0. The summed E-state index contributed by atoms with van der Waals surface area (Å²) in [4.78, 5) is -0.0638. The highest BCUT2D eigenvalue weighted by Crippen LogP contribution is 2.28. The third kappa shape index (κ3) is 8.47. The highest BCUT2D eigenvalue weighted by atomic mass is 35.5. The summed E-state index contributed by atoms with van der Waals surface area (Å²) in [5, 5.41) is 6.25. The van der Waals surface area contributed by atoms with Crippen LogP contribution in [0.15, 0.2) is 57.6 Å². The van der Waals surface area contributed by atoms with E-state index in [1.165, 1.54) is 18.2 Å². The number of guanidine groups is 1. The summed E-state index contributed by atoms with van der Waals surface area (Å²) in [5.41, 5.74) is 10.4. The molecule has 0 aliphatic rings. The van der Waals surface area contributed by atoms with Gasteiger partial charge in [-0.05, 0) is 43.7 Å². The van der Waals surface area contributed by atoms with Crippen molar-refractivity contribution in [1.29, 1.82) is 0 Å². The van der Waals surface area contributed by atoms with Crippen LogP contribution in [0.25, 0.3) is 0 Å². The first-order valence-corrected chi connectivity index (χ1v) is 9.46. The molecule has 0 saturated heterocycles. The highest BCUT2D eigenvalue weighted by Gasteiger charge is 2.20. The molecular formula is C17H22Cl2N4O4S. The lowest BCUT2D eigenvalue weighted by Gasteiger charge is -2.11. The van der Waals surface area contributed by atoms with Gasteiger partial charge in [0.1, 0.15) is 16.4 Å². The molecular weight excluding hydrogens is 427 g/mol. The van der Waals surface area contributed by atoms with Gasteiger partial charge in [-0.15, -0.1) is 17.5 Å². The molecule has 2 rings (SSSR count). The summed E-state index contributed by atoms with van der Waals surface area (Å²) in [6.07, 6.45) is 0. The number of benzene rings is 2. The molecule has 2 aromatic rings. The molecule has 0 saturated carbocycles. The number of halogens is 2. The van der Waals surface area contributed by atoms with E-state index in [9.17, 15) is 8.42 Å². The van der Waals surface area contributed by atoms with Crippen molar-refractivity contribution in [2.45, 2.75) is 18.7 Å². The summed E-state index contributed by atoms with van der Waals surface area (Å²) < 4.78 is 35.0. The molecule has 0 unspecified atom stereocenters. The number of nitrogens with zero attached hydrogens (tertiary/aromatic N) is 2. The number of ether oxygens (including phenoxy) is 1. The largest absolute Gasteiger partial charge is 0.494 e. The van der Waals surface area contributed by atoms with Crippen molar-refractivity contribution >= 4 is 46.8 Å². The Balaban J connectivity index is 0.000000910. The second kappa shape index (κ2) is 12.1. The van der Waals surface area contributed by atoms with Gasteiger partial charge in [0, 0.05) is 12.8 Å². The van der Waals surface area contributed by atoms with Crippen molar-refractivity contribution in [1.82, 2.24) is 0 Å². The second-order valence-electron chi connectivity index (χ2n) is 5.05. The predicted octanol–water partition coefficient (Wildman–Crippen LogP) is 3.11. The molecule has 0 bridgehead atoms. The average Bonchev–Trinajstić information content (AvgIpc) is 2.54. The van der Waals surface area contributed by atoms with E-state index in [0.29, 0.717) is 12.4 Å². The predicted molar refractivity (Wildman–Crippen MR) is 114 cm³/mol. The molecule has 0 spiro atoms. The van der Waals surface area contributed by atoms with E-state index >= 15 is 0 Å². The lowest BCUT2D eigenvalue weighted by atomic mass is 10.2. The summed E-state index contributed by atoms with van der Waals surface area (Å²) in [6.45, 7) is 7.17. The first-order valence-electron chi connectivity index (χ1n) is 7.67. The van der Waals surface area contributed by atoms with Gasteiger partial charge < -0.3 is 20.4 Å². The summed E-state index contributed by atoms with van der Waals surface area (Å²) in [5.74, 6) is 0.685. The zero-order valence-corrected chi connectivity index (χ0v) is 17.7. The zero-order valence-electron chi connectivity index (χ0n) is 15.3. The highest BCUT2D eigenvalue weighted by molar-refractivity contribution is 7.87. The van der Waals surface area contributed by atoms with Crippen molar-refractivity contribution in [2.24, 2.45) is 21.7 Å². The number of aryl methyl sites for hydroxylation is 1. The number of hydrogen-bond acceptors (Lipinski definition) is 6. The van der Waals surface area contributed by atoms with Crippen LogP contribution in [0.2, 0.25) is 5.02 Å². The van der Waals surface area contributed by atoms with E-state index < -0.39 is 10.1 Å². The Morgan fingerprint density at radius 1 is 1.18 bits per heavy atom.